The Bertz CT molecular complexity index is 262. The van der Waals surface area contributed by atoms with Crippen molar-refractivity contribution in [3.8, 4) is 0 Å². The van der Waals surface area contributed by atoms with E-state index in [2.05, 4.69) is 0 Å². The first-order valence-electron chi connectivity index (χ1n) is 5.77. The lowest BCUT2D eigenvalue weighted by Crippen LogP contribution is -2.53. The maximum atomic E-state index is 11.6. The first kappa shape index (κ1) is 13.0. The van der Waals surface area contributed by atoms with E-state index < -0.39 is 5.97 Å². The number of rotatable bonds is 6. The van der Waals surface area contributed by atoms with Crippen molar-refractivity contribution in [3.05, 3.63) is 0 Å². The number of carboxylic acid groups (broad SMARTS) is 1. The van der Waals surface area contributed by atoms with Crippen molar-refractivity contribution in [2.75, 3.05) is 19.6 Å². The van der Waals surface area contributed by atoms with E-state index in [4.69, 9.17) is 10.8 Å². The first-order chi connectivity index (χ1) is 7.56. The highest BCUT2D eigenvalue weighted by Crippen LogP contribution is 2.24. The van der Waals surface area contributed by atoms with Crippen LogP contribution in [0.2, 0.25) is 0 Å². The minimum atomic E-state index is -0.778. The van der Waals surface area contributed by atoms with E-state index in [0.29, 0.717) is 26.1 Å². The zero-order chi connectivity index (χ0) is 12.1. The van der Waals surface area contributed by atoms with Crippen LogP contribution in [-0.2, 0) is 9.59 Å². The van der Waals surface area contributed by atoms with Gasteiger partial charge >= 0.3 is 5.97 Å². The number of likely N-dealkylation sites (tertiary alicyclic amines) is 1. The van der Waals surface area contributed by atoms with Gasteiger partial charge in [-0.05, 0) is 19.4 Å². The van der Waals surface area contributed by atoms with Gasteiger partial charge in [-0.3, -0.25) is 9.59 Å². The molecule has 0 aliphatic carbocycles. The Morgan fingerprint density at radius 3 is 2.56 bits per heavy atom. The second kappa shape index (κ2) is 5.84. The number of hydrogen-bond donors (Lipinski definition) is 2. The summed E-state index contributed by atoms with van der Waals surface area (Å²) in [6.07, 6.45) is 2.23. The van der Waals surface area contributed by atoms with Gasteiger partial charge in [0.05, 0.1) is 5.92 Å². The molecule has 0 saturated carbocycles. The molecule has 0 spiro atoms. The standard InChI is InChI=1S/C11H20N2O3/c1-8(11(15)16)9-6-13(7-9)10(14)4-2-3-5-12/h8-9H,2-7,12H2,1H3,(H,15,16). The number of carboxylic acids is 1. The molecule has 3 N–H and O–H groups in total. The first-order valence-corrected chi connectivity index (χ1v) is 5.77. The van der Waals surface area contributed by atoms with Crippen LogP contribution in [0.4, 0.5) is 0 Å². The summed E-state index contributed by atoms with van der Waals surface area (Å²) in [6.45, 7) is 3.50. The van der Waals surface area contributed by atoms with E-state index >= 15 is 0 Å². The van der Waals surface area contributed by atoms with Crippen molar-refractivity contribution in [1.29, 1.82) is 0 Å². The molecule has 0 aromatic heterocycles. The summed E-state index contributed by atoms with van der Waals surface area (Å²) in [5, 5.41) is 8.80. The van der Waals surface area contributed by atoms with Crippen molar-refractivity contribution in [3.63, 3.8) is 0 Å². The second-order valence-corrected chi connectivity index (χ2v) is 4.43. The summed E-state index contributed by atoms with van der Waals surface area (Å²) in [6, 6.07) is 0. The predicted octanol–water partition coefficient (Wildman–Crippen LogP) is 0.295. The monoisotopic (exact) mass is 228 g/mol. The number of carbonyl (C=O) groups is 2. The van der Waals surface area contributed by atoms with Crippen molar-refractivity contribution in [2.45, 2.75) is 26.2 Å². The number of nitrogens with two attached hydrogens (primary N) is 1. The van der Waals surface area contributed by atoms with Gasteiger partial charge in [-0.25, -0.2) is 0 Å². The van der Waals surface area contributed by atoms with E-state index in [1.54, 1.807) is 11.8 Å². The van der Waals surface area contributed by atoms with E-state index in [1.807, 2.05) is 0 Å². The number of aliphatic carboxylic acids is 1. The maximum absolute atomic E-state index is 11.6. The zero-order valence-electron chi connectivity index (χ0n) is 9.69. The number of nitrogens with zero attached hydrogens (tertiary/aromatic N) is 1. The molecule has 1 fully saturated rings. The quantitative estimate of drug-likeness (QED) is 0.640. The Balaban J connectivity index is 2.20. The minimum absolute atomic E-state index is 0.121. The number of hydrogen-bond acceptors (Lipinski definition) is 3. The van der Waals surface area contributed by atoms with Crippen LogP contribution in [0, 0.1) is 11.8 Å². The van der Waals surface area contributed by atoms with E-state index in [-0.39, 0.29) is 17.7 Å². The third-order valence-electron chi connectivity index (χ3n) is 3.20. The predicted molar refractivity (Wildman–Crippen MR) is 59.8 cm³/mol. The van der Waals surface area contributed by atoms with Crippen molar-refractivity contribution < 1.29 is 14.7 Å². The molecule has 1 aliphatic rings. The molecule has 0 bridgehead atoms. The minimum Gasteiger partial charge on any atom is -0.481 e. The fourth-order valence-electron chi connectivity index (χ4n) is 1.81. The molecule has 0 aromatic rings. The molecule has 92 valence electrons. The average Bonchev–Trinajstić information content (AvgIpc) is 2.15. The van der Waals surface area contributed by atoms with Crippen LogP contribution >= 0.6 is 0 Å². The van der Waals surface area contributed by atoms with Gasteiger partial charge in [0.25, 0.3) is 0 Å². The van der Waals surface area contributed by atoms with Crippen LogP contribution in [0.5, 0.6) is 0 Å². The van der Waals surface area contributed by atoms with E-state index in [0.717, 1.165) is 12.8 Å². The summed E-state index contributed by atoms with van der Waals surface area (Å²) in [5.74, 6) is -0.883. The summed E-state index contributed by atoms with van der Waals surface area (Å²) >= 11 is 0. The molecule has 1 saturated heterocycles. The Hall–Kier alpha value is -1.10. The third kappa shape index (κ3) is 3.20. The van der Waals surface area contributed by atoms with Crippen molar-refractivity contribution >= 4 is 11.9 Å². The number of amides is 1. The lowest BCUT2D eigenvalue weighted by molar-refractivity contribution is -0.150. The molecule has 1 rings (SSSR count). The van der Waals surface area contributed by atoms with Crippen molar-refractivity contribution in [2.24, 2.45) is 17.6 Å². The molecule has 5 heteroatoms. The molecular weight excluding hydrogens is 208 g/mol. The number of carbonyl (C=O) groups excluding carboxylic acids is 1. The fourth-order valence-corrected chi connectivity index (χ4v) is 1.81. The molecule has 1 heterocycles. The Labute approximate surface area is 95.6 Å². The topological polar surface area (TPSA) is 83.6 Å². The second-order valence-electron chi connectivity index (χ2n) is 4.43. The van der Waals surface area contributed by atoms with Gasteiger partial charge in [0.15, 0.2) is 0 Å². The molecule has 1 amide bonds. The highest BCUT2D eigenvalue weighted by Gasteiger charge is 2.36. The molecule has 1 aliphatic heterocycles. The molecule has 16 heavy (non-hydrogen) atoms. The molecule has 5 nitrogen and oxygen atoms in total. The Kier molecular flexibility index (Phi) is 4.73. The summed E-state index contributed by atoms with van der Waals surface area (Å²) in [4.78, 5) is 24.0. The Morgan fingerprint density at radius 2 is 2.06 bits per heavy atom. The fraction of sp³-hybridized carbons (Fsp3) is 0.818. The smallest absolute Gasteiger partial charge is 0.306 e. The van der Waals surface area contributed by atoms with Crippen LogP contribution < -0.4 is 5.73 Å². The van der Waals surface area contributed by atoms with Gasteiger partial charge in [-0.1, -0.05) is 6.92 Å². The Morgan fingerprint density at radius 1 is 1.44 bits per heavy atom. The molecule has 0 radical (unpaired) electrons. The lowest BCUT2D eigenvalue weighted by atomic mass is 9.87. The largest absolute Gasteiger partial charge is 0.481 e. The summed E-state index contributed by atoms with van der Waals surface area (Å²) in [5.41, 5.74) is 5.34. The van der Waals surface area contributed by atoms with Crippen LogP contribution in [0.15, 0.2) is 0 Å². The van der Waals surface area contributed by atoms with Gasteiger partial charge in [0, 0.05) is 25.4 Å². The van der Waals surface area contributed by atoms with Crippen LogP contribution in [0.25, 0.3) is 0 Å². The van der Waals surface area contributed by atoms with E-state index in [1.165, 1.54) is 0 Å². The van der Waals surface area contributed by atoms with Crippen molar-refractivity contribution in [1.82, 2.24) is 4.90 Å². The normalized spacial score (nSPS) is 18.0. The number of unbranched alkanes of at least 4 members (excludes halogenated alkanes) is 1. The maximum Gasteiger partial charge on any atom is 0.306 e. The lowest BCUT2D eigenvalue weighted by Gasteiger charge is -2.41. The SMILES string of the molecule is CC(C(=O)O)C1CN(C(=O)CCCCN)C1. The highest BCUT2D eigenvalue weighted by atomic mass is 16.4. The summed E-state index contributed by atoms with van der Waals surface area (Å²) in [7, 11) is 0. The van der Waals surface area contributed by atoms with Crippen LogP contribution in [-0.4, -0.2) is 41.5 Å². The average molecular weight is 228 g/mol. The third-order valence-corrected chi connectivity index (χ3v) is 3.20. The van der Waals surface area contributed by atoms with Crippen LogP contribution in [0.3, 0.4) is 0 Å². The van der Waals surface area contributed by atoms with Gasteiger partial charge in [-0.15, -0.1) is 0 Å². The van der Waals surface area contributed by atoms with E-state index in [9.17, 15) is 9.59 Å². The molecule has 1 unspecified atom stereocenters. The molecule has 0 aromatic carbocycles. The van der Waals surface area contributed by atoms with Gasteiger partial charge < -0.3 is 15.7 Å². The van der Waals surface area contributed by atoms with Gasteiger partial charge in [0.1, 0.15) is 0 Å². The van der Waals surface area contributed by atoms with Gasteiger partial charge in [-0.2, -0.15) is 0 Å². The van der Waals surface area contributed by atoms with Crippen LogP contribution in [0.1, 0.15) is 26.2 Å². The summed E-state index contributed by atoms with van der Waals surface area (Å²) < 4.78 is 0. The highest BCUT2D eigenvalue weighted by molar-refractivity contribution is 5.77. The van der Waals surface area contributed by atoms with Gasteiger partial charge in [0.2, 0.25) is 5.91 Å². The molecule has 1 atom stereocenters. The molecular formula is C11H20N2O3. The zero-order valence-corrected chi connectivity index (χ0v) is 9.69.